The fraction of sp³-hybridized carbons (Fsp3) is 0.611. The SMILES string of the molecule is COc1cccc(CN(C(=O)CN(c2ccc(C34CC5CC(CC(C5)C3)C4)cc2)S(C)(=O)=O)[C@@H](C)C(=O)NC2CCCCC2)c1. The third-order valence-electron chi connectivity index (χ3n) is 11.1. The molecule has 0 aliphatic heterocycles. The fourth-order valence-corrected chi connectivity index (χ4v) is 10.0. The van der Waals surface area contributed by atoms with Gasteiger partial charge in [0.2, 0.25) is 21.8 Å². The Morgan fingerprint density at radius 2 is 1.58 bits per heavy atom. The molecule has 244 valence electrons. The van der Waals surface area contributed by atoms with E-state index in [-0.39, 0.29) is 30.5 Å². The van der Waals surface area contributed by atoms with E-state index in [0.29, 0.717) is 11.4 Å². The predicted octanol–water partition coefficient (Wildman–Crippen LogP) is 5.80. The van der Waals surface area contributed by atoms with E-state index in [9.17, 15) is 18.0 Å². The maximum atomic E-state index is 14.1. The quantitative estimate of drug-likeness (QED) is 0.337. The zero-order chi connectivity index (χ0) is 31.8. The van der Waals surface area contributed by atoms with Crippen LogP contribution in [-0.2, 0) is 31.6 Å². The van der Waals surface area contributed by atoms with Gasteiger partial charge in [-0.05, 0) is 117 Å². The Morgan fingerprint density at radius 3 is 2.16 bits per heavy atom. The number of rotatable bonds is 11. The number of hydrogen-bond acceptors (Lipinski definition) is 5. The molecule has 1 atom stereocenters. The van der Waals surface area contributed by atoms with Crippen LogP contribution in [0, 0.1) is 17.8 Å². The summed E-state index contributed by atoms with van der Waals surface area (Å²) in [6.45, 7) is 1.49. The molecule has 0 unspecified atom stereocenters. The van der Waals surface area contributed by atoms with Crippen molar-refractivity contribution >= 4 is 27.5 Å². The van der Waals surface area contributed by atoms with Crippen molar-refractivity contribution in [3.05, 3.63) is 59.7 Å². The lowest BCUT2D eigenvalue weighted by Gasteiger charge is -2.57. The summed E-state index contributed by atoms with van der Waals surface area (Å²) in [4.78, 5) is 29.0. The van der Waals surface area contributed by atoms with E-state index in [0.717, 1.165) is 55.3 Å². The molecule has 0 spiro atoms. The standard InChI is InChI=1S/C36H49N3O5S/c1-25(35(41)37-31-9-5-4-6-10-31)38(23-26-8-7-11-33(19-26)44-2)34(40)24-39(45(3,42)43)32-14-12-30(13-15-32)36-20-27-16-28(21-36)18-29(17-27)22-36/h7-8,11-15,19,25,27-29,31H,4-6,9-10,16-18,20-24H2,1-3H3,(H,37,41)/t25-,27?,28?,29?,36?/m0/s1. The van der Waals surface area contributed by atoms with Crippen LogP contribution >= 0.6 is 0 Å². The summed E-state index contributed by atoms with van der Waals surface area (Å²) < 4.78 is 32.9. The zero-order valence-corrected chi connectivity index (χ0v) is 27.9. The highest BCUT2D eigenvalue weighted by atomic mass is 32.2. The molecule has 9 heteroatoms. The molecule has 4 bridgehead atoms. The van der Waals surface area contributed by atoms with Gasteiger partial charge in [0.1, 0.15) is 18.3 Å². The number of carbonyl (C=O) groups excluding carboxylic acids is 2. The molecule has 7 rings (SSSR count). The lowest BCUT2D eigenvalue weighted by molar-refractivity contribution is -0.139. The topological polar surface area (TPSA) is 96.0 Å². The number of benzene rings is 2. The lowest BCUT2D eigenvalue weighted by atomic mass is 9.48. The Labute approximate surface area is 268 Å². The first-order chi connectivity index (χ1) is 21.5. The Balaban J connectivity index is 1.23. The molecule has 5 saturated carbocycles. The number of methoxy groups -OCH3 is 1. The monoisotopic (exact) mass is 635 g/mol. The van der Waals surface area contributed by atoms with Crippen LogP contribution in [0.5, 0.6) is 5.75 Å². The van der Waals surface area contributed by atoms with Crippen molar-refractivity contribution in [1.29, 1.82) is 0 Å². The highest BCUT2D eigenvalue weighted by Crippen LogP contribution is 2.60. The van der Waals surface area contributed by atoms with Gasteiger partial charge in [-0.15, -0.1) is 0 Å². The van der Waals surface area contributed by atoms with Crippen LogP contribution in [0.25, 0.3) is 0 Å². The normalized spacial score (nSPS) is 26.7. The Kier molecular flexibility index (Phi) is 9.19. The van der Waals surface area contributed by atoms with E-state index in [1.807, 2.05) is 36.4 Å². The third kappa shape index (κ3) is 7.03. The molecule has 0 radical (unpaired) electrons. The average Bonchev–Trinajstić information content (AvgIpc) is 3.01. The van der Waals surface area contributed by atoms with Crippen LogP contribution in [0.4, 0.5) is 5.69 Å². The van der Waals surface area contributed by atoms with E-state index in [1.165, 1.54) is 59.7 Å². The first-order valence-electron chi connectivity index (χ1n) is 16.8. The number of ether oxygens (including phenoxy) is 1. The summed E-state index contributed by atoms with van der Waals surface area (Å²) in [6.07, 6.45) is 14.1. The minimum atomic E-state index is -3.79. The van der Waals surface area contributed by atoms with Gasteiger partial charge in [-0.1, -0.05) is 43.5 Å². The van der Waals surface area contributed by atoms with Crippen LogP contribution in [0.2, 0.25) is 0 Å². The number of amides is 2. The van der Waals surface area contributed by atoms with Gasteiger partial charge < -0.3 is 15.0 Å². The molecule has 2 aromatic carbocycles. The van der Waals surface area contributed by atoms with Gasteiger partial charge in [0, 0.05) is 12.6 Å². The number of nitrogens with one attached hydrogen (secondary N) is 1. The van der Waals surface area contributed by atoms with Crippen molar-refractivity contribution in [2.75, 3.05) is 24.2 Å². The van der Waals surface area contributed by atoms with Crippen molar-refractivity contribution in [3.63, 3.8) is 0 Å². The smallest absolute Gasteiger partial charge is 0.244 e. The van der Waals surface area contributed by atoms with Gasteiger partial charge in [-0.2, -0.15) is 0 Å². The summed E-state index contributed by atoms with van der Waals surface area (Å²) in [5, 5.41) is 3.15. The second-order valence-corrected chi connectivity index (χ2v) is 16.3. The largest absolute Gasteiger partial charge is 0.497 e. The number of hydrogen-bond donors (Lipinski definition) is 1. The first-order valence-corrected chi connectivity index (χ1v) is 18.7. The molecule has 5 aliphatic carbocycles. The second kappa shape index (κ2) is 13.0. The van der Waals surface area contributed by atoms with E-state index in [2.05, 4.69) is 17.4 Å². The second-order valence-electron chi connectivity index (χ2n) is 14.4. The Hall–Kier alpha value is -3.07. The van der Waals surface area contributed by atoms with Crippen molar-refractivity contribution in [1.82, 2.24) is 10.2 Å². The van der Waals surface area contributed by atoms with Crippen molar-refractivity contribution in [2.24, 2.45) is 17.8 Å². The highest BCUT2D eigenvalue weighted by Gasteiger charge is 2.51. The van der Waals surface area contributed by atoms with E-state index < -0.39 is 22.0 Å². The molecule has 2 amide bonds. The molecule has 5 aliphatic rings. The number of nitrogens with zero attached hydrogens (tertiary/aromatic N) is 2. The lowest BCUT2D eigenvalue weighted by Crippen LogP contribution is -2.53. The Bertz CT molecular complexity index is 1450. The van der Waals surface area contributed by atoms with Gasteiger partial charge >= 0.3 is 0 Å². The minimum Gasteiger partial charge on any atom is -0.497 e. The molecule has 45 heavy (non-hydrogen) atoms. The van der Waals surface area contributed by atoms with Gasteiger partial charge in [-0.25, -0.2) is 8.42 Å². The summed E-state index contributed by atoms with van der Waals surface area (Å²) in [6, 6.07) is 14.6. The van der Waals surface area contributed by atoms with E-state index >= 15 is 0 Å². The summed E-state index contributed by atoms with van der Waals surface area (Å²) >= 11 is 0. The molecule has 5 fully saturated rings. The number of sulfonamides is 1. The van der Waals surface area contributed by atoms with Crippen LogP contribution in [-0.4, -0.2) is 57.1 Å². The predicted molar refractivity (Wildman–Crippen MR) is 177 cm³/mol. The van der Waals surface area contributed by atoms with Crippen molar-refractivity contribution in [2.45, 2.75) is 102 Å². The van der Waals surface area contributed by atoms with Crippen LogP contribution in [0.15, 0.2) is 48.5 Å². The molecule has 0 heterocycles. The Morgan fingerprint density at radius 1 is 0.956 bits per heavy atom. The fourth-order valence-electron chi connectivity index (χ4n) is 9.18. The van der Waals surface area contributed by atoms with Crippen LogP contribution in [0.1, 0.15) is 88.7 Å². The third-order valence-corrected chi connectivity index (χ3v) is 12.2. The molecule has 2 aromatic rings. The zero-order valence-electron chi connectivity index (χ0n) is 27.0. The highest BCUT2D eigenvalue weighted by molar-refractivity contribution is 7.92. The molecule has 1 N–H and O–H groups in total. The van der Waals surface area contributed by atoms with E-state index in [1.54, 1.807) is 14.0 Å². The number of anilines is 1. The first kappa shape index (κ1) is 31.9. The summed E-state index contributed by atoms with van der Waals surface area (Å²) in [5.74, 6) is 2.44. The molecular weight excluding hydrogens is 586 g/mol. The van der Waals surface area contributed by atoms with Crippen LogP contribution < -0.4 is 14.4 Å². The minimum absolute atomic E-state index is 0.0995. The van der Waals surface area contributed by atoms with Gasteiger partial charge in [-0.3, -0.25) is 13.9 Å². The average molecular weight is 636 g/mol. The maximum absolute atomic E-state index is 14.1. The van der Waals surface area contributed by atoms with Gasteiger partial charge in [0.25, 0.3) is 0 Å². The molecule has 0 aromatic heterocycles. The van der Waals surface area contributed by atoms with Crippen molar-refractivity contribution < 1.29 is 22.7 Å². The molecule has 0 saturated heterocycles. The van der Waals surface area contributed by atoms with Gasteiger partial charge in [0.05, 0.1) is 19.1 Å². The van der Waals surface area contributed by atoms with E-state index in [4.69, 9.17) is 4.74 Å². The van der Waals surface area contributed by atoms with Gasteiger partial charge in [0.15, 0.2) is 0 Å². The molecule has 8 nitrogen and oxygen atoms in total. The maximum Gasteiger partial charge on any atom is 0.244 e. The van der Waals surface area contributed by atoms with Crippen LogP contribution in [0.3, 0.4) is 0 Å². The van der Waals surface area contributed by atoms with Crippen molar-refractivity contribution in [3.8, 4) is 5.75 Å². The summed E-state index contributed by atoms with van der Waals surface area (Å²) in [5.41, 5.74) is 2.77. The molecular formula is C36H49N3O5S. The summed E-state index contributed by atoms with van der Waals surface area (Å²) in [7, 11) is -2.21. The number of carbonyl (C=O) groups is 2.